The highest BCUT2D eigenvalue weighted by molar-refractivity contribution is 8.00. The fraction of sp³-hybridized carbons (Fsp3) is 0.167. The quantitative estimate of drug-likeness (QED) is 0.385. The second-order valence-electron chi connectivity index (χ2n) is 5.34. The lowest BCUT2D eigenvalue weighted by molar-refractivity contribution is 0.341. The van der Waals surface area contributed by atoms with Crippen molar-refractivity contribution in [1.29, 1.82) is 0 Å². The summed E-state index contributed by atoms with van der Waals surface area (Å²) in [6.07, 6.45) is 0. The molecular formula is C18H14ClN3O2S2. The molecule has 26 heavy (non-hydrogen) atoms. The number of hydrogen-bond donors (Lipinski definition) is 0. The molecule has 0 atom stereocenters. The Labute approximate surface area is 163 Å². The topological polar surface area (TPSA) is 61.0 Å². The summed E-state index contributed by atoms with van der Waals surface area (Å²) in [6, 6.07) is 13.3. The summed E-state index contributed by atoms with van der Waals surface area (Å²) < 4.78 is 13.3. The van der Waals surface area contributed by atoms with Crippen LogP contribution < -0.4 is 4.74 Å². The van der Waals surface area contributed by atoms with Crippen molar-refractivity contribution in [2.24, 2.45) is 0 Å². The van der Waals surface area contributed by atoms with E-state index in [1.165, 1.54) is 0 Å². The second kappa shape index (κ2) is 7.65. The van der Waals surface area contributed by atoms with Crippen LogP contribution in [0.5, 0.6) is 5.75 Å². The highest BCUT2D eigenvalue weighted by Crippen LogP contribution is 2.33. The summed E-state index contributed by atoms with van der Waals surface area (Å²) in [6.45, 7) is 2.62. The third kappa shape index (κ3) is 3.85. The molecule has 0 unspecified atom stereocenters. The van der Waals surface area contributed by atoms with Crippen LogP contribution in [0.15, 0.2) is 51.2 Å². The molecule has 2 heterocycles. The maximum Gasteiger partial charge on any atom is 0.247 e. The number of thiazole rings is 1. The van der Waals surface area contributed by atoms with E-state index in [0.717, 1.165) is 25.9 Å². The van der Waals surface area contributed by atoms with E-state index in [1.54, 1.807) is 35.2 Å². The van der Waals surface area contributed by atoms with E-state index in [0.29, 0.717) is 29.2 Å². The molecule has 0 bridgehead atoms. The molecule has 8 heteroatoms. The molecule has 2 aromatic heterocycles. The van der Waals surface area contributed by atoms with Gasteiger partial charge in [0.1, 0.15) is 5.75 Å². The van der Waals surface area contributed by atoms with Crippen molar-refractivity contribution in [2.75, 3.05) is 6.61 Å². The van der Waals surface area contributed by atoms with Gasteiger partial charge < -0.3 is 9.15 Å². The number of fused-ring (bicyclic) bond motifs is 1. The van der Waals surface area contributed by atoms with E-state index in [-0.39, 0.29) is 0 Å². The zero-order valence-electron chi connectivity index (χ0n) is 13.8. The molecule has 0 spiro atoms. The average molecular weight is 404 g/mol. The van der Waals surface area contributed by atoms with Crippen LogP contribution in [0, 0.1) is 0 Å². The van der Waals surface area contributed by atoms with Gasteiger partial charge in [-0.3, -0.25) is 0 Å². The minimum absolute atomic E-state index is 0.489. The first-order valence-corrected chi connectivity index (χ1v) is 10.1. The summed E-state index contributed by atoms with van der Waals surface area (Å²) in [5.41, 5.74) is 1.81. The van der Waals surface area contributed by atoms with Gasteiger partial charge in [-0.15, -0.1) is 21.5 Å². The number of aromatic nitrogens is 3. The Morgan fingerprint density at radius 2 is 2.00 bits per heavy atom. The Kier molecular flexibility index (Phi) is 5.10. The SMILES string of the molecule is CCOc1ccc2nc(SCc3nnc(-c4ccc(Cl)cc4)o3)sc2c1. The predicted molar refractivity (Wildman–Crippen MR) is 105 cm³/mol. The lowest BCUT2D eigenvalue weighted by Gasteiger charge is -2.00. The standard InChI is InChI=1S/C18H14ClN3O2S2/c1-2-23-13-7-8-14-15(9-13)26-18(20-14)25-10-16-21-22-17(24-16)11-3-5-12(19)6-4-11/h3-9H,2,10H2,1H3. The van der Waals surface area contributed by atoms with Crippen LogP contribution in [0.2, 0.25) is 5.02 Å². The lowest BCUT2D eigenvalue weighted by Crippen LogP contribution is -1.89. The van der Waals surface area contributed by atoms with Gasteiger partial charge in [-0.1, -0.05) is 23.4 Å². The predicted octanol–water partition coefficient (Wildman–Crippen LogP) is 5.69. The van der Waals surface area contributed by atoms with Crippen molar-refractivity contribution >= 4 is 44.9 Å². The van der Waals surface area contributed by atoms with Crippen LogP contribution in [0.3, 0.4) is 0 Å². The second-order valence-corrected chi connectivity index (χ2v) is 8.03. The molecule has 0 saturated heterocycles. The summed E-state index contributed by atoms with van der Waals surface area (Å²) in [5, 5.41) is 8.88. The molecule has 0 fully saturated rings. The monoisotopic (exact) mass is 403 g/mol. The smallest absolute Gasteiger partial charge is 0.247 e. The van der Waals surface area contributed by atoms with E-state index in [2.05, 4.69) is 15.2 Å². The third-order valence-corrected chi connectivity index (χ3v) is 5.93. The van der Waals surface area contributed by atoms with Crippen molar-refractivity contribution < 1.29 is 9.15 Å². The van der Waals surface area contributed by atoms with Crippen LogP contribution in [-0.4, -0.2) is 21.8 Å². The molecule has 0 aliphatic heterocycles. The molecule has 5 nitrogen and oxygen atoms in total. The van der Waals surface area contributed by atoms with E-state index in [4.69, 9.17) is 20.8 Å². The van der Waals surface area contributed by atoms with Crippen molar-refractivity contribution in [3.8, 4) is 17.2 Å². The van der Waals surface area contributed by atoms with Gasteiger partial charge in [-0.2, -0.15) is 0 Å². The number of thioether (sulfide) groups is 1. The molecule has 0 amide bonds. The van der Waals surface area contributed by atoms with Crippen LogP contribution in [0.1, 0.15) is 12.8 Å². The molecule has 0 N–H and O–H groups in total. The van der Waals surface area contributed by atoms with Crippen molar-refractivity contribution in [3.05, 3.63) is 53.4 Å². The first-order chi connectivity index (χ1) is 12.7. The van der Waals surface area contributed by atoms with Gasteiger partial charge in [0.2, 0.25) is 11.8 Å². The minimum atomic E-state index is 0.489. The van der Waals surface area contributed by atoms with Gasteiger partial charge in [-0.05, 0) is 49.4 Å². The van der Waals surface area contributed by atoms with Gasteiger partial charge in [0.15, 0.2) is 4.34 Å². The zero-order valence-corrected chi connectivity index (χ0v) is 16.2. The summed E-state index contributed by atoms with van der Waals surface area (Å²) in [7, 11) is 0. The molecule has 2 aromatic carbocycles. The Balaban J connectivity index is 1.45. The van der Waals surface area contributed by atoms with Gasteiger partial charge in [0.25, 0.3) is 0 Å². The Morgan fingerprint density at radius 1 is 1.15 bits per heavy atom. The van der Waals surface area contributed by atoms with Crippen LogP contribution in [-0.2, 0) is 5.75 Å². The maximum absolute atomic E-state index is 5.90. The van der Waals surface area contributed by atoms with Crippen molar-refractivity contribution in [3.63, 3.8) is 0 Å². The van der Waals surface area contributed by atoms with Crippen LogP contribution in [0.25, 0.3) is 21.7 Å². The molecule has 0 aliphatic carbocycles. The van der Waals surface area contributed by atoms with Crippen molar-refractivity contribution in [1.82, 2.24) is 15.2 Å². The molecule has 4 rings (SSSR count). The summed E-state index contributed by atoms with van der Waals surface area (Å²) in [4.78, 5) is 4.63. The fourth-order valence-electron chi connectivity index (χ4n) is 2.35. The highest BCUT2D eigenvalue weighted by Gasteiger charge is 2.11. The summed E-state index contributed by atoms with van der Waals surface area (Å²) >= 11 is 9.11. The normalized spacial score (nSPS) is 11.2. The molecule has 0 radical (unpaired) electrons. The number of hydrogen-bond acceptors (Lipinski definition) is 7. The van der Waals surface area contributed by atoms with Gasteiger partial charge >= 0.3 is 0 Å². The number of nitrogens with zero attached hydrogens (tertiary/aromatic N) is 3. The number of halogens is 1. The largest absolute Gasteiger partial charge is 0.494 e. The maximum atomic E-state index is 5.90. The summed E-state index contributed by atoms with van der Waals surface area (Å²) in [5.74, 6) is 2.49. The Morgan fingerprint density at radius 3 is 2.81 bits per heavy atom. The first kappa shape index (κ1) is 17.3. The number of ether oxygens (including phenoxy) is 1. The van der Waals surface area contributed by atoms with E-state index < -0.39 is 0 Å². The fourth-order valence-corrected chi connectivity index (χ4v) is 4.41. The number of rotatable bonds is 6. The van der Waals surface area contributed by atoms with Gasteiger partial charge in [0.05, 0.1) is 22.6 Å². The molecular weight excluding hydrogens is 390 g/mol. The first-order valence-electron chi connectivity index (χ1n) is 7.96. The van der Waals surface area contributed by atoms with Gasteiger partial charge in [-0.25, -0.2) is 4.98 Å². The van der Waals surface area contributed by atoms with E-state index in [9.17, 15) is 0 Å². The minimum Gasteiger partial charge on any atom is -0.494 e. The van der Waals surface area contributed by atoms with E-state index in [1.807, 2.05) is 37.3 Å². The third-order valence-electron chi connectivity index (χ3n) is 3.53. The van der Waals surface area contributed by atoms with E-state index >= 15 is 0 Å². The van der Waals surface area contributed by atoms with Crippen molar-refractivity contribution in [2.45, 2.75) is 17.0 Å². The molecule has 4 aromatic rings. The average Bonchev–Trinajstić information content (AvgIpc) is 3.27. The lowest BCUT2D eigenvalue weighted by atomic mass is 10.2. The van der Waals surface area contributed by atoms with Crippen LogP contribution >= 0.6 is 34.7 Å². The Hall–Kier alpha value is -2.09. The number of benzene rings is 2. The van der Waals surface area contributed by atoms with Gasteiger partial charge in [0, 0.05) is 10.6 Å². The van der Waals surface area contributed by atoms with Crippen LogP contribution in [0.4, 0.5) is 0 Å². The molecule has 0 saturated carbocycles. The molecule has 0 aliphatic rings. The molecule has 132 valence electrons. The highest BCUT2D eigenvalue weighted by atomic mass is 35.5. The zero-order chi connectivity index (χ0) is 17.9. The Bertz CT molecular complexity index is 1030.